The van der Waals surface area contributed by atoms with Crippen LogP contribution < -0.4 is 10.5 Å². The number of hydrogen-bond acceptors (Lipinski definition) is 5. The van der Waals surface area contributed by atoms with Crippen LogP contribution in [0.1, 0.15) is 29.6 Å². The predicted molar refractivity (Wildman–Crippen MR) is 106 cm³/mol. The van der Waals surface area contributed by atoms with Crippen LogP contribution in [0.15, 0.2) is 40.5 Å². The highest BCUT2D eigenvalue weighted by molar-refractivity contribution is 7.18. The van der Waals surface area contributed by atoms with E-state index < -0.39 is 0 Å². The van der Waals surface area contributed by atoms with Gasteiger partial charge in [0.1, 0.15) is 11.2 Å². The summed E-state index contributed by atoms with van der Waals surface area (Å²) in [6.45, 7) is 2.96. The molecule has 4 heterocycles. The molecule has 4 aromatic rings. The first-order chi connectivity index (χ1) is 12.8. The third kappa shape index (κ3) is 2.96. The molecule has 1 aromatic carbocycles. The number of aromatic amines is 1. The van der Waals surface area contributed by atoms with Crippen LogP contribution in [0.25, 0.3) is 20.4 Å². The smallest absolute Gasteiger partial charge is 0.269 e. The number of nitrogens with zero attached hydrogens (tertiary/aromatic N) is 2. The van der Waals surface area contributed by atoms with E-state index in [1.807, 2.05) is 22.8 Å². The van der Waals surface area contributed by atoms with Gasteiger partial charge in [-0.15, -0.1) is 22.7 Å². The van der Waals surface area contributed by atoms with Crippen molar-refractivity contribution < 1.29 is 4.90 Å². The second kappa shape index (κ2) is 6.57. The quantitative estimate of drug-likeness (QED) is 0.572. The molecule has 0 saturated carbocycles. The fraction of sp³-hybridized carbons (Fsp3) is 0.316. The van der Waals surface area contributed by atoms with Crippen molar-refractivity contribution in [2.45, 2.75) is 25.3 Å². The van der Waals surface area contributed by atoms with Gasteiger partial charge >= 0.3 is 0 Å². The Labute approximate surface area is 158 Å². The molecule has 0 radical (unpaired) electrons. The molecular formula is C19H19N4OS2+. The van der Waals surface area contributed by atoms with Gasteiger partial charge in [-0.2, -0.15) is 0 Å². The van der Waals surface area contributed by atoms with Gasteiger partial charge in [0.05, 0.1) is 33.8 Å². The summed E-state index contributed by atoms with van der Waals surface area (Å²) in [6.07, 6.45) is 2.28. The van der Waals surface area contributed by atoms with Gasteiger partial charge in [-0.25, -0.2) is 9.97 Å². The van der Waals surface area contributed by atoms with Gasteiger partial charge in [0.2, 0.25) is 0 Å². The normalized spacial score (nSPS) is 20.8. The van der Waals surface area contributed by atoms with Gasteiger partial charge in [0.15, 0.2) is 5.82 Å². The average Bonchev–Trinajstić information content (AvgIpc) is 3.29. The van der Waals surface area contributed by atoms with Gasteiger partial charge < -0.3 is 9.88 Å². The maximum atomic E-state index is 12.1. The Bertz CT molecular complexity index is 1090. The number of H-pyrrole nitrogens is 1. The standard InChI is InChI=1S/C19H18N4OS2/c24-18-17-14(7-10-25-17)20-16(22-18)11-23-8-5-12(6-9-23)19-21-13-3-1-2-4-15(13)26-19/h1-4,7,10,12H,5-6,8-9,11H2,(H,20,22,24)/p+1. The van der Waals surface area contributed by atoms with Crippen molar-refractivity contribution in [1.29, 1.82) is 0 Å². The number of hydrogen-bond donors (Lipinski definition) is 2. The monoisotopic (exact) mass is 383 g/mol. The summed E-state index contributed by atoms with van der Waals surface area (Å²) in [5.74, 6) is 1.36. The number of piperidine rings is 1. The minimum atomic E-state index is -0.0104. The lowest BCUT2D eigenvalue weighted by Gasteiger charge is -2.27. The molecule has 1 aliphatic rings. The van der Waals surface area contributed by atoms with Crippen LogP contribution in [-0.2, 0) is 6.54 Å². The molecule has 0 amide bonds. The zero-order valence-corrected chi connectivity index (χ0v) is 15.8. The lowest BCUT2D eigenvalue weighted by Crippen LogP contribution is -3.11. The molecule has 0 spiro atoms. The van der Waals surface area contributed by atoms with E-state index >= 15 is 0 Å². The lowest BCUT2D eigenvalue weighted by molar-refractivity contribution is -0.919. The number of fused-ring (bicyclic) bond motifs is 2. The fourth-order valence-corrected chi connectivity index (χ4v) is 5.62. The average molecular weight is 384 g/mol. The summed E-state index contributed by atoms with van der Waals surface area (Å²) in [6, 6.07) is 10.3. The highest BCUT2D eigenvalue weighted by Gasteiger charge is 2.26. The highest BCUT2D eigenvalue weighted by Crippen LogP contribution is 2.31. The van der Waals surface area contributed by atoms with Crippen molar-refractivity contribution in [3.05, 3.63) is 56.9 Å². The topological polar surface area (TPSA) is 63.1 Å². The minimum Gasteiger partial charge on any atom is -0.329 e. The zero-order chi connectivity index (χ0) is 17.5. The largest absolute Gasteiger partial charge is 0.329 e. The van der Waals surface area contributed by atoms with Crippen LogP contribution in [-0.4, -0.2) is 28.0 Å². The van der Waals surface area contributed by atoms with E-state index in [-0.39, 0.29) is 5.56 Å². The first-order valence-electron chi connectivity index (χ1n) is 8.92. The number of benzene rings is 1. The van der Waals surface area contributed by atoms with E-state index in [0.717, 1.165) is 54.0 Å². The number of para-hydroxylation sites is 1. The number of aromatic nitrogens is 3. The van der Waals surface area contributed by atoms with Gasteiger partial charge in [0, 0.05) is 18.8 Å². The molecule has 1 aliphatic heterocycles. The molecule has 5 nitrogen and oxygen atoms in total. The molecule has 132 valence electrons. The second-order valence-corrected chi connectivity index (χ2v) is 8.85. The Morgan fingerprint density at radius 3 is 2.81 bits per heavy atom. The molecule has 0 bridgehead atoms. The van der Waals surface area contributed by atoms with E-state index in [1.165, 1.54) is 25.9 Å². The molecule has 5 rings (SSSR count). The van der Waals surface area contributed by atoms with Crippen LogP contribution in [0, 0.1) is 0 Å². The Balaban J connectivity index is 1.28. The van der Waals surface area contributed by atoms with Crippen molar-refractivity contribution in [2.75, 3.05) is 13.1 Å². The predicted octanol–water partition coefficient (Wildman–Crippen LogP) is 2.56. The molecule has 0 unspecified atom stereocenters. The number of likely N-dealkylation sites (tertiary alicyclic amines) is 1. The summed E-state index contributed by atoms with van der Waals surface area (Å²) in [7, 11) is 0. The number of nitrogens with one attached hydrogen (secondary N) is 2. The van der Waals surface area contributed by atoms with E-state index in [0.29, 0.717) is 5.92 Å². The van der Waals surface area contributed by atoms with Gasteiger partial charge in [-0.3, -0.25) is 4.79 Å². The first-order valence-corrected chi connectivity index (χ1v) is 10.6. The maximum Gasteiger partial charge on any atom is 0.269 e. The van der Waals surface area contributed by atoms with Gasteiger partial charge in [-0.1, -0.05) is 12.1 Å². The Kier molecular flexibility index (Phi) is 4.07. The summed E-state index contributed by atoms with van der Waals surface area (Å²) in [5.41, 5.74) is 1.93. The van der Waals surface area contributed by atoms with Crippen LogP contribution in [0.2, 0.25) is 0 Å². The summed E-state index contributed by atoms with van der Waals surface area (Å²) < 4.78 is 2.00. The second-order valence-electron chi connectivity index (χ2n) is 6.87. The fourth-order valence-electron chi connectivity index (χ4n) is 3.76. The van der Waals surface area contributed by atoms with Crippen molar-refractivity contribution in [2.24, 2.45) is 0 Å². The van der Waals surface area contributed by atoms with E-state index in [9.17, 15) is 4.79 Å². The van der Waals surface area contributed by atoms with E-state index in [4.69, 9.17) is 4.98 Å². The molecule has 2 N–H and O–H groups in total. The van der Waals surface area contributed by atoms with Crippen LogP contribution in [0.4, 0.5) is 0 Å². The van der Waals surface area contributed by atoms with Crippen molar-refractivity contribution in [3.63, 3.8) is 0 Å². The summed E-state index contributed by atoms with van der Waals surface area (Å²) in [5, 5.41) is 3.20. The number of quaternary nitrogens is 1. The van der Waals surface area contributed by atoms with Crippen LogP contribution in [0.3, 0.4) is 0 Å². The molecule has 7 heteroatoms. The highest BCUT2D eigenvalue weighted by atomic mass is 32.1. The molecule has 26 heavy (non-hydrogen) atoms. The molecule has 0 aliphatic carbocycles. The van der Waals surface area contributed by atoms with E-state index in [1.54, 1.807) is 0 Å². The van der Waals surface area contributed by atoms with Crippen molar-refractivity contribution in [3.8, 4) is 0 Å². The van der Waals surface area contributed by atoms with Crippen molar-refractivity contribution in [1.82, 2.24) is 15.0 Å². The molecule has 0 atom stereocenters. The third-order valence-corrected chi connectivity index (χ3v) is 7.24. The number of rotatable bonds is 3. The Morgan fingerprint density at radius 2 is 1.96 bits per heavy atom. The molecule has 1 fully saturated rings. The molecule has 3 aromatic heterocycles. The van der Waals surface area contributed by atoms with Crippen LogP contribution in [0.5, 0.6) is 0 Å². The lowest BCUT2D eigenvalue weighted by atomic mass is 9.97. The maximum absolute atomic E-state index is 12.1. The zero-order valence-electron chi connectivity index (χ0n) is 14.2. The molecule has 1 saturated heterocycles. The van der Waals surface area contributed by atoms with Crippen molar-refractivity contribution >= 4 is 43.1 Å². The number of thiazole rings is 1. The molecular weight excluding hydrogens is 364 g/mol. The van der Waals surface area contributed by atoms with Crippen LogP contribution >= 0.6 is 22.7 Å². The summed E-state index contributed by atoms with van der Waals surface area (Å²) in [4.78, 5) is 26.0. The third-order valence-electron chi connectivity index (χ3n) is 5.13. The Hall–Kier alpha value is -2.09. The Morgan fingerprint density at radius 1 is 1.12 bits per heavy atom. The first kappa shape index (κ1) is 16.1. The van der Waals surface area contributed by atoms with Gasteiger partial charge in [-0.05, 0) is 23.6 Å². The van der Waals surface area contributed by atoms with Gasteiger partial charge in [0.25, 0.3) is 5.56 Å². The van der Waals surface area contributed by atoms with E-state index in [2.05, 4.69) is 34.2 Å². The SMILES string of the molecule is O=c1[nH]c(C[NH+]2CCC(c3nc4ccccc4s3)CC2)nc2ccsc12. The summed E-state index contributed by atoms with van der Waals surface area (Å²) >= 11 is 3.28. The number of thiophene rings is 1. The minimum absolute atomic E-state index is 0.0104.